The third-order valence-electron chi connectivity index (χ3n) is 5.54. The molecule has 32 heavy (non-hydrogen) atoms. The van der Waals surface area contributed by atoms with Crippen LogP contribution in [0.25, 0.3) is 0 Å². The highest BCUT2D eigenvalue weighted by Crippen LogP contribution is 2.22. The lowest BCUT2D eigenvalue weighted by Gasteiger charge is -2.25. The van der Waals surface area contributed by atoms with Crippen molar-refractivity contribution in [3.8, 4) is 0 Å². The molecule has 0 unspecified atom stereocenters. The van der Waals surface area contributed by atoms with Crippen LogP contribution in [-0.2, 0) is 14.8 Å². The van der Waals surface area contributed by atoms with Gasteiger partial charge in [-0.15, -0.1) is 0 Å². The first kappa shape index (κ1) is 23.8. The molecule has 8 heteroatoms. The van der Waals surface area contributed by atoms with Crippen molar-refractivity contribution in [3.05, 3.63) is 59.7 Å². The highest BCUT2D eigenvalue weighted by molar-refractivity contribution is 7.90. The number of rotatable bonds is 11. The van der Waals surface area contributed by atoms with Crippen LogP contribution in [0.4, 0.5) is 5.69 Å². The summed E-state index contributed by atoms with van der Waals surface area (Å²) in [5, 5.41) is 3.01. The molecular weight excluding hydrogens is 424 g/mol. The molecular formula is C24H32N4O3S. The molecule has 2 aromatic rings. The molecule has 1 heterocycles. The number of benzene rings is 2. The van der Waals surface area contributed by atoms with Crippen LogP contribution in [0.1, 0.15) is 43.7 Å². The Labute approximate surface area is 191 Å². The Morgan fingerprint density at radius 2 is 1.81 bits per heavy atom. The van der Waals surface area contributed by atoms with Crippen molar-refractivity contribution >= 4 is 27.5 Å². The maximum absolute atomic E-state index is 12.1. The number of aryl methyl sites for hydroxylation is 1. The van der Waals surface area contributed by atoms with Crippen LogP contribution in [0, 0.1) is 6.92 Å². The van der Waals surface area contributed by atoms with Gasteiger partial charge in [0.15, 0.2) is 0 Å². The van der Waals surface area contributed by atoms with Gasteiger partial charge in [-0.3, -0.25) is 14.5 Å². The second-order valence-electron chi connectivity index (χ2n) is 7.86. The lowest BCUT2D eigenvalue weighted by molar-refractivity contribution is -0.121. The maximum Gasteiger partial charge on any atom is 0.263 e. The van der Waals surface area contributed by atoms with Crippen molar-refractivity contribution in [1.82, 2.24) is 10.0 Å². The van der Waals surface area contributed by atoms with E-state index in [9.17, 15) is 13.2 Å². The molecule has 0 saturated heterocycles. The smallest absolute Gasteiger partial charge is 0.263 e. The summed E-state index contributed by atoms with van der Waals surface area (Å²) < 4.78 is 26.7. The minimum atomic E-state index is -3.49. The topological polar surface area (TPSA) is 90.9 Å². The molecule has 1 amide bonds. The van der Waals surface area contributed by atoms with Crippen molar-refractivity contribution in [1.29, 1.82) is 0 Å². The Hall–Kier alpha value is -2.87. The molecule has 172 valence electrons. The number of likely N-dealkylation sites (N-methyl/N-ethyl adjacent to an activating group) is 1. The third kappa shape index (κ3) is 6.09. The normalized spacial score (nSPS) is 15.2. The summed E-state index contributed by atoms with van der Waals surface area (Å²) in [7, 11) is -3.49. The van der Waals surface area contributed by atoms with Gasteiger partial charge in [0.1, 0.15) is 5.84 Å². The molecule has 2 N–H and O–H groups in total. The van der Waals surface area contributed by atoms with E-state index in [0.29, 0.717) is 30.9 Å². The molecule has 0 aliphatic carbocycles. The third-order valence-corrected chi connectivity index (χ3v) is 6.93. The zero-order valence-corrected chi connectivity index (χ0v) is 19.6. The lowest BCUT2D eigenvalue weighted by atomic mass is 10.1. The first-order valence-corrected chi connectivity index (χ1v) is 12.6. The number of amidine groups is 1. The Bertz CT molecular complexity index is 1070. The minimum Gasteiger partial charge on any atom is -0.370 e. The first-order valence-electron chi connectivity index (χ1n) is 11.2. The predicted octanol–water partition coefficient (Wildman–Crippen LogP) is 3.24. The van der Waals surface area contributed by atoms with E-state index in [0.717, 1.165) is 32.4 Å². The van der Waals surface area contributed by atoms with Gasteiger partial charge in [-0.1, -0.05) is 36.8 Å². The van der Waals surface area contributed by atoms with Gasteiger partial charge in [0, 0.05) is 43.9 Å². The fourth-order valence-electron chi connectivity index (χ4n) is 3.80. The SMILES string of the molecule is CCN(CCNC(=O)CCCCCN=C1NS(=O)(=O)c2ccccc21)c1ccccc1C. The predicted molar refractivity (Wildman–Crippen MR) is 129 cm³/mol. The number of unbranched alkanes of at least 4 members (excludes halogenated alkanes) is 2. The van der Waals surface area contributed by atoms with Crippen LogP contribution >= 0.6 is 0 Å². The standard InChI is InChI=1S/C24H32N4O3S/c1-3-28(21-13-8-6-11-19(21)2)18-17-25-23(29)15-5-4-10-16-26-24-20-12-7-9-14-22(20)32(30,31)27-24/h6-9,11-14H,3-5,10,15-18H2,1-2H3,(H,25,29)(H,26,27). The summed E-state index contributed by atoms with van der Waals surface area (Å²) in [6.45, 7) is 7.03. The van der Waals surface area contributed by atoms with Gasteiger partial charge in [0.2, 0.25) is 5.91 Å². The molecule has 3 rings (SSSR count). The van der Waals surface area contributed by atoms with E-state index in [1.165, 1.54) is 11.3 Å². The fraction of sp³-hybridized carbons (Fsp3) is 0.417. The average Bonchev–Trinajstić information content (AvgIpc) is 3.05. The fourth-order valence-corrected chi connectivity index (χ4v) is 5.05. The number of anilines is 1. The number of amides is 1. The summed E-state index contributed by atoms with van der Waals surface area (Å²) >= 11 is 0. The van der Waals surface area contributed by atoms with E-state index in [1.54, 1.807) is 24.3 Å². The monoisotopic (exact) mass is 456 g/mol. The van der Waals surface area contributed by atoms with Gasteiger partial charge < -0.3 is 10.2 Å². The zero-order chi connectivity index (χ0) is 23.0. The Balaban J connectivity index is 1.33. The van der Waals surface area contributed by atoms with Crippen LogP contribution in [0.3, 0.4) is 0 Å². The molecule has 0 bridgehead atoms. The Morgan fingerprint density at radius 1 is 1.06 bits per heavy atom. The summed E-state index contributed by atoms with van der Waals surface area (Å²) in [6, 6.07) is 15.1. The molecule has 0 atom stereocenters. The highest BCUT2D eigenvalue weighted by Gasteiger charge is 2.29. The number of para-hydroxylation sites is 1. The molecule has 0 aromatic heterocycles. The quantitative estimate of drug-likeness (QED) is 0.508. The highest BCUT2D eigenvalue weighted by atomic mass is 32.2. The number of sulfonamides is 1. The van der Waals surface area contributed by atoms with E-state index in [1.807, 2.05) is 12.1 Å². The maximum atomic E-state index is 12.1. The summed E-state index contributed by atoms with van der Waals surface area (Å²) in [5.41, 5.74) is 3.06. The summed E-state index contributed by atoms with van der Waals surface area (Å²) in [6.07, 6.45) is 2.94. The number of hydrogen-bond donors (Lipinski definition) is 2. The number of carbonyl (C=O) groups is 1. The van der Waals surface area contributed by atoms with E-state index in [4.69, 9.17) is 0 Å². The first-order chi connectivity index (χ1) is 15.4. The lowest BCUT2D eigenvalue weighted by Crippen LogP contribution is -2.35. The average molecular weight is 457 g/mol. The van der Waals surface area contributed by atoms with Gasteiger partial charge in [0.05, 0.1) is 4.90 Å². The summed E-state index contributed by atoms with van der Waals surface area (Å²) in [4.78, 5) is 19.1. The van der Waals surface area contributed by atoms with Gasteiger partial charge in [0.25, 0.3) is 10.0 Å². The second-order valence-corrected chi connectivity index (χ2v) is 9.51. The molecule has 0 fully saturated rings. The summed E-state index contributed by atoms with van der Waals surface area (Å²) in [5.74, 6) is 0.474. The number of nitrogens with zero attached hydrogens (tertiary/aromatic N) is 2. The van der Waals surface area contributed by atoms with Crippen molar-refractivity contribution in [2.75, 3.05) is 31.1 Å². The van der Waals surface area contributed by atoms with Gasteiger partial charge in [-0.25, -0.2) is 8.42 Å². The minimum absolute atomic E-state index is 0.0645. The number of hydrogen-bond acceptors (Lipinski definition) is 5. The van der Waals surface area contributed by atoms with Gasteiger partial charge in [-0.2, -0.15) is 0 Å². The van der Waals surface area contributed by atoms with E-state index < -0.39 is 10.0 Å². The zero-order valence-electron chi connectivity index (χ0n) is 18.8. The van der Waals surface area contributed by atoms with Gasteiger partial charge in [-0.05, 0) is 50.5 Å². The van der Waals surface area contributed by atoms with Crippen LogP contribution in [0.5, 0.6) is 0 Å². The molecule has 7 nitrogen and oxygen atoms in total. The van der Waals surface area contributed by atoms with Crippen LogP contribution < -0.4 is 14.9 Å². The molecule has 2 aromatic carbocycles. The van der Waals surface area contributed by atoms with E-state index in [-0.39, 0.29) is 10.8 Å². The van der Waals surface area contributed by atoms with Crippen LogP contribution in [0.2, 0.25) is 0 Å². The van der Waals surface area contributed by atoms with Crippen molar-refractivity contribution in [2.24, 2.45) is 4.99 Å². The molecule has 1 aliphatic rings. The Kier molecular flexibility index (Phi) is 8.27. The van der Waals surface area contributed by atoms with Crippen molar-refractivity contribution in [3.63, 3.8) is 0 Å². The van der Waals surface area contributed by atoms with E-state index >= 15 is 0 Å². The van der Waals surface area contributed by atoms with E-state index in [2.05, 4.69) is 45.9 Å². The van der Waals surface area contributed by atoms with Crippen molar-refractivity contribution in [2.45, 2.75) is 44.4 Å². The number of aliphatic imine (C=N–C) groups is 1. The van der Waals surface area contributed by atoms with Crippen LogP contribution in [0.15, 0.2) is 58.4 Å². The van der Waals surface area contributed by atoms with Crippen molar-refractivity contribution < 1.29 is 13.2 Å². The Morgan fingerprint density at radius 3 is 2.59 bits per heavy atom. The molecule has 0 radical (unpaired) electrons. The van der Waals surface area contributed by atoms with Gasteiger partial charge >= 0.3 is 0 Å². The molecule has 0 saturated carbocycles. The number of fused-ring (bicyclic) bond motifs is 1. The number of nitrogens with one attached hydrogen (secondary N) is 2. The number of carbonyl (C=O) groups excluding carboxylic acids is 1. The second kappa shape index (κ2) is 11.1. The molecule has 1 aliphatic heterocycles. The largest absolute Gasteiger partial charge is 0.370 e. The van der Waals surface area contributed by atoms with Crippen LogP contribution in [-0.4, -0.2) is 46.3 Å². The molecule has 0 spiro atoms.